The molecule has 0 fully saturated rings. The molecule has 3 N–H and O–H groups in total. The van der Waals surface area contributed by atoms with Crippen LogP contribution in [-0.4, -0.2) is 24.5 Å². The molecule has 0 bridgehead atoms. The minimum Gasteiger partial charge on any atom is -0.479 e. The number of benzene rings is 2. The summed E-state index contributed by atoms with van der Waals surface area (Å²) in [7, 11) is 0. The number of hydrogen-bond donors (Lipinski definition) is 2. The number of rotatable bonds is 3. The second-order valence-electron chi connectivity index (χ2n) is 7.12. The molecule has 2 atom stereocenters. The fourth-order valence-electron chi connectivity index (χ4n) is 3.89. The van der Waals surface area contributed by atoms with Crippen molar-refractivity contribution in [2.45, 2.75) is 38.3 Å². The van der Waals surface area contributed by atoms with Crippen LogP contribution in [0.3, 0.4) is 0 Å². The normalized spacial score (nSPS) is 21.1. The molecule has 2 unspecified atom stereocenters. The maximum atomic E-state index is 12.7. The molecule has 140 valence electrons. The number of nitrogen functional groups attached to an aromatic ring is 1. The first-order valence-corrected chi connectivity index (χ1v) is 9.27. The zero-order valence-corrected chi connectivity index (χ0v) is 15.3. The summed E-state index contributed by atoms with van der Waals surface area (Å²) in [5, 5.41) is 3.09. The van der Waals surface area contributed by atoms with Gasteiger partial charge in [0.2, 0.25) is 5.91 Å². The second-order valence-corrected chi connectivity index (χ2v) is 7.12. The third-order valence-corrected chi connectivity index (χ3v) is 5.19. The van der Waals surface area contributed by atoms with Crippen LogP contribution in [0.4, 0.5) is 11.4 Å². The number of para-hydroxylation sites is 2. The van der Waals surface area contributed by atoms with E-state index in [9.17, 15) is 9.59 Å². The van der Waals surface area contributed by atoms with E-state index in [4.69, 9.17) is 10.5 Å². The Morgan fingerprint density at radius 2 is 2.11 bits per heavy atom. The average molecular weight is 365 g/mol. The third kappa shape index (κ3) is 3.35. The smallest absolute Gasteiger partial charge is 0.268 e. The van der Waals surface area contributed by atoms with Gasteiger partial charge < -0.3 is 15.8 Å². The van der Waals surface area contributed by atoms with Crippen LogP contribution in [0.1, 0.15) is 36.9 Å². The quantitative estimate of drug-likeness (QED) is 0.819. The van der Waals surface area contributed by atoms with Gasteiger partial charge in [-0.3, -0.25) is 14.5 Å². The highest BCUT2D eigenvalue weighted by Gasteiger charge is 2.33. The number of ether oxygens (including phenoxy) is 1. The predicted octanol–water partition coefficient (Wildman–Crippen LogP) is 2.58. The highest BCUT2D eigenvalue weighted by Crippen LogP contribution is 2.34. The molecule has 0 saturated carbocycles. The van der Waals surface area contributed by atoms with Crippen molar-refractivity contribution >= 4 is 23.2 Å². The zero-order valence-electron chi connectivity index (χ0n) is 15.3. The number of nitrogens with two attached hydrogens (primary N) is 1. The van der Waals surface area contributed by atoms with Gasteiger partial charge in [0.05, 0.1) is 11.7 Å². The first-order valence-electron chi connectivity index (χ1n) is 9.27. The van der Waals surface area contributed by atoms with Crippen molar-refractivity contribution in [2.24, 2.45) is 0 Å². The van der Waals surface area contributed by atoms with Gasteiger partial charge in [-0.05, 0) is 61.6 Å². The summed E-state index contributed by atoms with van der Waals surface area (Å²) in [4.78, 5) is 26.8. The highest BCUT2D eigenvalue weighted by atomic mass is 16.5. The first kappa shape index (κ1) is 17.4. The van der Waals surface area contributed by atoms with E-state index >= 15 is 0 Å². The van der Waals surface area contributed by atoms with Crippen LogP contribution >= 0.6 is 0 Å². The van der Waals surface area contributed by atoms with Crippen molar-refractivity contribution < 1.29 is 14.3 Å². The van der Waals surface area contributed by atoms with Gasteiger partial charge in [0.25, 0.3) is 5.91 Å². The van der Waals surface area contributed by atoms with E-state index < -0.39 is 6.10 Å². The molecule has 1 aliphatic heterocycles. The molecule has 0 aromatic heterocycles. The maximum Gasteiger partial charge on any atom is 0.268 e. The molecule has 6 nitrogen and oxygen atoms in total. The lowest BCUT2D eigenvalue weighted by Crippen LogP contribution is -2.49. The Balaban J connectivity index is 1.52. The number of aryl methyl sites for hydroxylation is 1. The number of nitrogens with one attached hydrogen (secondary N) is 1. The molecule has 27 heavy (non-hydrogen) atoms. The first-order chi connectivity index (χ1) is 13.0. The topological polar surface area (TPSA) is 84.7 Å². The van der Waals surface area contributed by atoms with Gasteiger partial charge in [-0.25, -0.2) is 0 Å². The maximum absolute atomic E-state index is 12.7. The largest absolute Gasteiger partial charge is 0.479 e. The predicted molar refractivity (Wildman–Crippen MR) is 104 cm³/mol. The van der Waals surface area contributed by atoms with Crippen molar-refractivity contribution in [2.75, 3.05) is 17.2 Å². The van der Waals surface area contributed by atoms with Crippen LogP contribution in [0, 0.1) is 0 Å². The van der Waals surface area contributed by atoms with Gasteiger partial charge in [0.15, 0.2) is 6.10 Å². The number of nitrogens with zero attached hydrogens (tertiary/aromatic N) is 1. The molecule has 4 rings (SSSR count). The lowest BCUT2D eigenvalue weighted by Gasteiger charge is -2.33. The summed E-state index contributed by atoms with van der Waals surface area (Å²) in [5.74, 6) is 0.235. The molecule has 2 amide bonds. The van der Waals surface area contributed by atoms with E-state index in [1.54, 1.807) is 13.0 Å². The molecule has 0 radical (unpaired) electrons. The van der Waals surface area contributed by atoms with E-state index in [2.05, 4.69) is 5.32 Å². The summed E-state index contributed by atoms with van der Waals surface area (Å²) in [6, 6.07) is 13.1. The van der Waals surface area contributed by atoms with E-state index in [0.717, 1.165) is 30.5 Å². The molecular formula is C21H23N3O3. The standard InChI is InChI=1S/C21H23N3O3/c1-13-21(26)24(18-7-2-3-8-19(18)27-13)12-20(25)23-17-6-4-5-14-11-15(22)9-10-16(14)17/h2-3,7-11,13,17H,4-6,12,22H2,1H3,(H,23,25). The molecule has 2 aromatic rings. The van der Waals surface area contributed by atoms with Crippen molar-refractivity contribution in [1.82, 2.24) is 5.32 Å². The van der Waals surface area contributed by atoms with Gasteiger partial charge in [0.1, 0.15) is 12.3 Å². The van der Waals surface area contributed by atoms with Crippen molar-refractivity contribution in [1.29, 1.82) is 0 Å². The fourth-order valence-corrected chi connectivity index (χ4v) is 3.89. The average Bonchev–Trinajstić information content (AvgIpc) is 2.65. The van der Waals surface area contributed by atoms with Crippen molar-refractivity contribution in [3.05, 3.63) is 53.6 Å². The van der Waals surface area contributed by atoms with Gasteiger partial charge in [-0.1, -0.05) is 18.2 Å². The van der Waals surface area contributed by atoms with E-state index in [-0.39, 0.29) is 24.4 Å². The molecule has 2 aromatic carbocycles. The molecule has 2 aliphatic rings. The lowest BCUT2D eigenvalue weighted by atomic mass is 9.87. The van der Waals surface area contributed by atoms with E-state index in [0.29, 0.717) is 11.4 Å². The number of amides is 2. The molecule has 6 heteroatoms. The third-order valence-electron chi connectivity index (χ3n) is 5.19. The Morgan fingerprint density at radius 1 is 1.30 bits per heavy atom. The van der Waals surface area contributed by atoms with Gasteiger partial charge in [-0.15, -0.1) is 0 Å². The zero-order chi connectivity index (χ0) is 19.0. The van der Waals surface area contributed by atoms with Crippen molar-refractivity contribution in [3.8, 4) is 5.75 Å². The van der Waals surface area contributed by atoms with Crippen LogP contribution in [0.25, 0.3) is 0 Å². The lowest BCUT2D eigenvalue weighted by molar-refractivity contribution is -0.128. The Hall–Kier alpha value is -3.02. The summed E-state index contributed by atoms with van der Waals surface area (Å²) in [6.07, 6.45) is 2.25. The van der Waals surface area contributed by atoms with Gasteiger partial charge >= 0.3 is 0 Å². The monoisotopic (exact) mass is 365 g/mol. The molecule has 0 saturated heterocycles. The van der Waals surface area contributed by atoms with Crippen LogP contribution < -0.4 is 20.7 Å². The molecule has 1 aliphatic carbocycles. The van der Waals surface area contributed by atoms with Crippen molar-refractivity contribution in [3.63, 3.8) is 0 Å². The summed E-state index contributed by atoms with van der Waals surface area (Å²) < 4.78 is 5.63. The van der Waals surface area contributed by atoms with Crippen LogP contribution in [0.2, 0.25) is 0 Å². The molecular weight excluding hydrogens is 342 g/mol. The Morgan fingerprint density at radius 3 is 2.96 bits per heavy atom. The Labute approximate surface area is 158 Å². The minimum atomic E-state index is -0.605. The Kier molecular flexibility index (Phi) is 4.48. The molecule has 1 heterocycles. The van der Waals surface area contributed by atoms with E-state index in [1.165, 1.54) is 10.5 Å². The van der Waals surface area contributed by atoms with Crippen LogP contribution in [0.5, 0.6) is 5.75 Å². The SMILES string of the molecule is CC1Oc2ccccc2N(CC(=O)NC2CCCc3cc(N)ccc32)C1=O. The molecule has 0 spiro atoms. The summed E-state index contributed by atoms with van der Waals surface area (Å²) in [5.41, 5.74) is 9.56. The summed E-state index contributed by atoms with van der Waals surface area (Å²) in [6.45, 7) is 1.68. The minimum absolute atomic E-state index is 0.0235. The van der Waals surface area contributed by atoms with Gasteiger partial charge in [0, 0.05) is 5.69 Å². The summed E-state index contributed by atoms with van der Waals surface area (Å²) >= 11 is 0. The van der Waals surface area contributed by atoms with Crippen LogP contribution in [-0.2, 0) is 16.0 Å². The number of fused-ring (bicyclic) bond motifs is 2. The number of carbonyl (C=O) groups excluding carboxylic acids is 2. The fraction of sp³-hybridized carbons (Fsp3) is 0.333. The van der Waals surface area contributed by atoms with Gasteiger partial charge in [-0.2, -0.15) is 0 Å². The van der Waals surface area contributed by atoms with Crippen LogP contribution in [0.15, 0.2) is 42.5 Å². The number of carbonyl (C=O) groups is 2. The van der Waals surface area contributed by atoms with E-state index in [1.807, 2.05) is 36.4 Å². The second kappa shape index (κ2) is 6.95. The highest BCUT2D eigenvalue weighted by molar-refractivity contribution is 6.03. The Bertz CT molecular complexity index is 896. The number of hydrogen-bond acceptors (Lipinski definition) is 4. The number of anilines is 2.